The standard InChI is InChI=1S/C16H34N2O/c1-5-16(4,12-17-10-14(2)3)13-18-8-6-15(11-19)7-9-18/h14-15,17,19H,5-13H2,1-4H3. The second-order valence-electron chi connectivity index (χ2n) is 7.09. The second kappa shape index (κ2) is 8.23. The molecule has 19 heavy (non-hydrogen) atoms. The molecule has 0 spiro atoms. The smallest absolute Gasteiger partial charge is 0.0460 e. The Morgan fingerprint density at radius 3 is 2.42 bits per heavy atom. The quantitative estimate of drug-likeness (QED) is 0.711. The van der Waals surface area contributed by atoms with Gasteiger partial charge in [-0.05, 0) is 56.1 Å². The third-order valence-corrected chi connectivity index (χ3v) is 4.53. The van der Waals surface area contributed by atoms with Crippen molar-refractivity contribution in [2.45, 2.75) is 47.0 Å². The minimum absolute atomic E-state index is 0.370. The van der Waals surface area contributed by atoms with Gasteiger partial charge in [-0.1, -0.05) is 27.7 Å². The molecule has 1 unspecified atom stereocenters. The summed E-state index contributed by atoms with van der Waals surface area (Å²) in [6.07, 6.45) is 3.55. The molecule has 0 aromatic rings. The van der Waals surface area contributed by atoms with Crippen LogP contribution in [0, 0.1) is 17.3 Å². The van der Waals surface area contributed by atoms with Crippen LogP contribution in [0.4, 0.5) is 0 Å². The highest BCUT2D eigenvalue weighted by molar-refractivity contribution is 4.82. The van der Waals surface area contributed by atoms with Crippen LogP contribution in [-0.2, 0) is 0 Å². The molecule has 1 rings (SSSR count). The molecule has 0 aromatic carbocycles. The maximum Gasteiger partial charge on any atom is 0.0460 e. The summed E-state index contributed by atoms with van der Waals surface area (Å²) in [5, 5.41) is 12.8. The van der Waals surface area contributed by atoms with Crippen LogP contribution in [0.5, 0.6) is 0 Å². The molecule has 0 amide bonds. The Morgan fingerprint density at radius 1 is 1.32 bits per heavy atom. The summed E-state index contributed by atoms with van der Waals surface area (Å²) in [4.78, 5) is 2.59. The summed E-state index contributed by atoms with van der Waals surface area (Å²) in [5.74, 6) is 1.27. The van der Waals surface area contributed by atoms with Gasteiger partial charge in [0.1, 0.15) is 0 Å². The van der Waals surface area contributed by atoms with Gasteiger partial charge in [0, 0.05) is 19.7 Å². The van der Waals surface area contributed by atoms with Gasteiger partial charge in [0.05, 0.1) is 0 Å². The van der Waals surface area contributed by atoms with Gasteiger partial charge in [0.15, 0.2) is 0 Å². The van der Waals surface area contributed by atoms with Crippen molar-refractivity contribution in [1.82, 2.24) is 10.2 Å². The molecule has 1 aliphatic rings. The van der Waals surface area contributed by atoms with Crippen molar-refractivity contribution in [2.24, 2.45) is 17.3 Å². The first-order valence-electron chi connectivity index (χ1n) is 8.03. The minimum atomic E-state index is 0.370. The number of nitrogens with zero attached hydrogens (tertiary/aromatic N) is 1. The number of likely N-dealkylation sites (tertiary alicyclic amines) is 1. The SMILES string of the molecule is CCC(C)(CNCC(C)C)CN1CCC(CO)CC1. The molecule has 3 nitrogen and oxygen atoms in total. The maximum atomic E-state index is 9.20. The third kappa shape index (κ3) is 6.24. The number of hydrogen-bond donors (Lipinski definition) is 2. The van der Waals surface area contributed by atoms with E-state index in [1.165, 1.54) is 13.0 Å². The van der Waals surface area contributed by atoms with E-state index in [1.54, 1.807) is 0 Å². The Labute approximate surface area is 119 Å². The number of aliphatic hydroxyl groups is 1. The van der Waals surface area contributed by atoms with E-state index in [1.807, 2.05) is 0 Å². The van der Waals surface area contributed by atoms with Crippen LogP contribution in [-0.4, -0.2) is 49.3 Å². The van der Waals surface area contributed by atoms with E-state index < -0.39 is 0 Å². The van der Waals surface area contributed by atoms with Gasteiger partial charge in [0.2, 0.25) is 0 Å². The summed E-state index contributed by atoms with van der Waals surface area (Å²) in [7, 11) is 0. The van der Waals surface area contributed by atoms with Crippen LogP contribution in [0.2, 0.25) is 0 Å². The van der Waals surface area contributed by atoms with Crippen molar-refractivity contribution in [3.05, 3.63) is 0 Å². The molecule has 114 valence electrons. The molecular weight excluding hydrogens is 236 g/mol. The predicted molar refractivity (Wildman–Crippen MR) is 82.4 cm³/mol. The monoisotopic (exact) mass is 270 g/mol. The average molecular weight is 270 g/mol. The van der Waals surface area contributed by atoms with E-state index in [9.17, 15) is 5.11 Å². The molecule has 0 bridgehead atoms. The van der Waals surface area contributed by atoms with Crippen molar-refractivity contribution in [3.8, 4) is 0 Å². The molecule has 1 atom stereocenters. The zero-order chi connectivity index (χ0) is 14.3. The molecule has 1 fully saturated rings. The lowest BCUT2D eigenvalue weighted by molar-refractivity contribution is 0.0919. The van der Waals surface area contributed by atoms with E-state index in [-0.39, 0.29) is 0 Å². The second-order valence-corrected chi connectivity index (χ2v) is 7.09. The van der Waals surface area contributed by atoms with Crippen molar-refractivity contribution < 1.29 is 5.11 Å². The number of rotatable bonds is 8. The number of nitrogens with one attached hydrogen (secondary N) is 1. The molecule has 1 aliphatic heterocycles. The lowest BCUT2D eigenvalue weighted by Crippen LogP contribution is -2.45. The van der Waals surface area contributed by atoms with Gasteiger partial charge in [-0.15, -0.1) is 0 Å². The van der Waals surface area contributed by atoms with Crippen LogP contribution in [0.1, 0.15) is 47.0 Å². The van der Waals surface area contributed by atoms with Crippen LogP contribution in [0.3, 0.4) is 0 Å². The Bertz CT molecular complexity index is 237. The van der Waals surface area contributed by atoms with Crippen LogP contribution >= 0.6 is 0 Å². The normalized spacial score (nSPS) is 21.8. The lowest BCUT2D eigenvalue weighted by atomic mass is 9.85. The minimum Gasteiger partial charge on any atom is -0.396 e. The summed E-state index contributed by atoms with van der Waals surface area (Å²) in [6.45, 7) is 15.3. The maximum absolute atomic E-state index is 9.20. The van der Waals surface area contributed by atoms with Crippen molar-refractivity contribution >= 4 is 0 Å². The van der Waals surface area contributed by atoms with Crippen LogP contribution in [0.15, 0.2) is 0 Å². The van der Waals surface area contributed by atoms with E-state index >= 15 is 0 Å². The Hall–Kier alpha value is -0.120. The van der Waals surface area contributed by atoms with Gasteiger partial charge in [-0.25, -0.2) is 0 Å². The average Bonchev–Trinajstić information content (AvgIpc) is 2.39. The molecule has 0 aromatic heterocycles. The Kier molecular flexibility index (Phi) is 7.33. The van der Waals surface area contributed by atoms with E-state index in [0.29, 0.717) is 17.9 Å². The first-order valence-corrected chi connectivity index (χ1v) is 8.03. The fourth-order valence-corrected chi connectivity index (χ4v) is 2.82. The molecule has 1 heterocycles. The van der Waals surface area contributed by atoms with Crippen LogP contribution < -0.4 is 5.32 Å². The summed E-state index contributed by atoms with van der Waals surface area (Å²) in [5.41, 5.74) is 0.376. The molecule has 2 N–H and O–H groups in total. The number of aliphatic hydroxyl groups excluding tert-OH is 1. The van der Waals surface area contributed by atoms with Gasteiger partial charge in [0.25, 0.3) is 0 Å². The highest BCUT2D eigenvalue weighted by atomic mass is 16.3. The van der Waals surface area contributed by atoms with Gasteiger partial charge in [-0.2, -0.15) is 0 Å². The fourth-order valence-electron chi connectivity index (χ4n) is 2.82. The highest BCUT2D eigenvalue weighted by Crippen LogP contribution is 2.25. The summed E-state index contributed by atoms with van der Waals surface area (Å²) in [6, 6.07) is 0. The van der Waals surface area contributed by atoms with E-state index in [0.717, 1.165) is 44.9 Å². The number of hydrogen-bond acceptors (Lipinski definition) is 3. The summed E-state index contributed by atoms with van der Waals surface area (Å²) < 4.78 is 0. The van der Waals surface area contributed by atoms with Crippen molar-refractivity contribution in [1.29, 1.82) is 0 Å². The third-order valence-electron chi connectivity index (χ3n) is 4.53. The first kappa shape index (κ1) is 16.9. The lowest BCUT2D eigenvalue weighted by Gasteiger charge is -2.38. The molecule has 3 heteroatoms. The molecule has 0 radical (unpaired) electrons. The van der Waals surface area contributed by atoms with E-state index in [2.05, 4.69) is 37.9 Å². The van der Waals surface area contributed by atoms with Crippen LogP contribution in [0.25, 0.3) is 0 Å². The molecule has 1 saturated heterocycles. The topological polar surface area (TPSA) is 35.5 Å². The predicted octanol–water partition coefficient (Wildman–Crippen LogP) is 2.35. The Morgan fingerprint density at radius 2 is 1.95 bits per heavy atom. The van der Waals surface area contributed by atoms with Crippen molar-refractivity contribution in [2.75, 3.05) is 39.3 Å². The van der Waals surface area contributed by atoms with Gasteiger partial charge in [-0.3, -0.25) is 0 Å². The largest absolute Gasteiger partial charge is 0.396 e. The first-order chi connectivity index (χ1) is 8.99. The highest BCUT2D eigenvalue weighted by Gasteiger charge is 2.27. The fraction of sp³-hybridized carbons (Fsp3) is 1.00. The van der Waals surface area contributed by atoms with E-state index in [4.69, 9.17) is 0 Å². The molecular formula is C16H34N2O. The summed E-state index contributed by atoms with van der Waals surface area (Å²) >= 11 is 0. The molecule has 0 saturated carbocycles. The molecule has 0 aliphatic carbocycles. The number of piperidine rings is 1. The van der Waals surface area contributed by atoms with Crippen molar-refractivity contribution in [3.63, 3.8) is 0 Å². The Balaban J connectivity index is 2.34. The zero-order valence-corrected chi connectivity index (χ0v) is 13.4. The van der Waals surface area contributed by atoms with Gasteiger partial charge < -0.3 is 15.3 Å². The zero-order valence-electron chi connectivity index (χ0n) is 13.4. The van der Waals surface area contributed by atoms with Gasteiger partial charge >= 0.3 is 0 Å².